The Bertz CT molecular complexity index is 822. The summed E-state index contributed by atoms with van der Waals surface area (Å²) in [5.41, 5.74) is 4.07. The van der Waals surface area contributed by atoms with Crippen molar-refractivity contribution in [3.8, 4) is 11.5 Å². The second-order valence-electron chi connectivity index (χ2n) is 6.04. The number of ether oxygens (including phenoxy) is 2. The highest BCUT2D eigenvalue weighted by atomic mass is 16.6. The molecule has 2 amide bonds. The lowest BCUT2D eigenvalue weighted by Crippen LogP contribution is -2.29. The number of rotatable bonds is 2. The number of hydrogen-bond donors (Lipinski definition) is 2. The Morgan fingerprint density at radius 1 is 0.840 bits per heavy atom. The molecule has 6 nitrogen and oxygen atoms in total. The number of anilines is 2. The minimum Gasteiger partial charge on any atom is -0.486 e. The summed E-state index contributed by atoms with van der Waals surface area (Å²) in [6.07, 6.45) is 0. The summed E-state index contributed by atoms with van der Waals surface area (Å²) in [5.74, 6) is -0.282. The molecule has 0 unspecified atom stereocenters. The molecular formula is C19H20N2O4. The lowest BCUT2D eigenvalue weighted by molar-refractivity contribution is -0.133. The first kappa shape index (κ1) is 16.8. The Labute approximate surface area is 146 Å². The van der Waals surface area contributed by atoms with Crippen LogP contribution in [0.25, 0.3) is 0 Å². The second-order valence-corrected chi connectivity index (χ2v) is 6.04. The predicted octanol–water partition coefficient (Wildman–Crippen LogP) is 2.96. The molecule has 130 valence electrons. The van der Waals surface area contributed by atoms with Gasteiger partial charge in [0.1, 0.15) is 13.2 Å². The summed E-state index contributed by atoms with van der Waals surface area (Å²) < 4.78 is 10.9. The standard InChI is InChI=1S/C19H20N2O4/c1-11-8-12(2)17(13(3)9-11)21-19(23)18(22)20-14-4-5-15-16(10-14)25-7-6-24-15/h4-5,8-10H,6-7H2,1-3H3,(H,20,22)(H,21,23). The van der Waals surface area contributed by atoms with Crippen LogP contribution in [0.5, 0.6) is 11.5 Å². The molecule has 2 N–H and O–H groups in total. The molecule has 0 saturated carbocycles. The van der Waals surface area contributed by atoms with Gasteiger partial charge in [0.2, 0.25) is 0 Å². The summed E-state index contributed by atoms with van der Waals surface area (Å²) in [6.45, 7) is 6.73. The third-order valence-corrected chi connectivity index (χ3v) is 3.92. The maximum atomic E-state index is 12.2. The van der Waals surface area contributed by atoms with E-state index in [0.29, 0.717) is 36.1 Å². The molecule has 0 radical (unpaired) electrons. The zero-order chi connectivity index (χ0) is 18.0. The number of amides is 2. The van der Waals surface area contributed by atoms with Crippen molar-refractivity contribution in [1.82, 2.24) is 0 Å². The minimum atomic E-state index is -0.740. The van der Waals surface area contributed by atoms with Crippen LogP contribution in [0.2, 0.25) is 0 Å². The Morgan fingerprint density at radius 2 is 1.44 bits per heavy atom. The van der Waals surface area contributed by atoms with Gasteiger partial charge in [-0.15, -0.1) is 0 Å². The maximum Gasteiger partial charge on any atom is 0.314 e. The average Bonchev–Trinajstić information content (AvgIpc) is 2.57. The number of aryl methyl sites for hydroxylation is 3. The highest BCUT2D eigenvalue weighted by Crippen LogP contribution is 2.32. The third kappa shape index (κ3) is 3.74. The smallest absolute Gasteiger partial charge is 0.314 e. The molecule has 0 atom stereocenters. The third-order valence-electron chi connectivity index (χ3n) is 3.92. The minimum absolute atomic E-state index is 0.455. The van der Waals surface area contributed by atoms with Crippen molar-refractivity contribution < 1.29 is 19.1 Å². The lowest BCUT2D eigenvalue weighted by Gasteiger charge is -2.19. The molecule has 1 heterocycles. The number of fused-ring (bicyclic) bond motifs is 1. The molecule has 3 rings (SSSR count). The van der Waals surface area contributed by atoms with Gasteiger partial charge in [-0.05, 0) is 44.0 Å². The zero-order valence-electron chi connectivity index (χ0n) is 14.4. The Morgan fingerprint density at radius 3 is 2.12 bits per heavy atom. The fourth-order valence-electron chi connectivity index (χ4n) is 2.86. The van der Waals surface area contributed by atoms with Crippen LogP contribution in [0.4, 0.5) is 11.4 Å². The Kier molecular flexibility index (Phi) is 4.61. The van der Waals surface area contributed by atoms with Gasteiger partial charge in [0.05, 0.1) is 0 Å². The largest absolute Gasteiger partial charge is 0.486 e. The summed E-state index contributed by atoms with van der Waals surface area (Å²) in [4.78, 5) is 24.4. The van der Waals surface area contributed by atoms with Gasteiger partial charge in [0, 0.05) is 17.4 Å². The van der Waals surface area contributed by atoms with Gasteiger partial charge in [-0.3, -0.25) is 9.59 Å². The van der Waals surface area contributed by atoms with Crippen LogP contribution in [0, 0.1) is 20.8 Å². The fourth-order valence-corrected chi connectivity index (χ4v) is 2.86. The first-order valence-electron chi connectivity index (χ1n) is 8.04. The SMILES string of the molecule is Cc1cc(C)c(NC(=O)C(=O)Nc2ccc3c(c2)OCCO3)c(C)c1. The lowest BCUT2D eigenvalue weighted by atomic mass is 10.1. The molecule has 25 heavy (non-hydrogen) atoms. The highest BCUT2D eigenvalue weighted by Gasteiger charge is 2.18. The van der Waals surface area contributed by atoms with E-state index in [1.165, 1.54) is 0 Å². The van der Waals surface area contributed by atoms with E-state index in [2.05, 4.69) is 10.6 Å². The van der Waals surface area contributed by atoms with E-state index in [-0.39, 0.29) is 0 Å². The second kappa shape index (κ2) is 6.84. The van der Waals surface area contributed by atoms with Crippen molar-refractivity contribution >= 4 is 23.2 Å². The summed E-state index contributed by atoms with van der Waals surface area (Å²) >= 11 is 0. The van der Waals surface area contributed by atoms with Crippen molar-refractivity contribution in [2.75, 3.05) is 23.8 Å². The van der Waals surface area contributed by atoms with Gasteiger partial charge < -0.3 is 20.1 Å². The molecule has 0 fully saturated rings. The average molecular weight is 340 g/mol. The molecule has 0 aliphatic carbocycles. The molecule has 0 saturated heterocycles. The summed E-state index contributed by atoms with van der Waals surface area (Å²) in [6, 6.07) is 8.93. The van der Waals surface area contributed by atoms with Crippen LogP contribution in [-0.2, 0) is 9.59 Å². The number of hydrogen-bond acceptors (Lipinski definition) is 4. The number of carbonyl (C=O) groups excluding carboxylic acids is 2. The maximum absolute atomic E-state index is 12.2. The van der Waals surface area contributed by atoms with Crippen molar-refractivity contribution in [2.24, 2.45) is 0 Å². The number of carbonyl (C=O) groups is 2. The molecule has 1 aliphatic rings. The van der Waals surface area contributed by atoms with E-state index in [0.717, 1.165) is 16.7 Å². The Balaban J connectivity index is 1.70. The van der Waals surface area contributed by atoms with Crippen LogP contribution in [0.15, 0.2) is 30.3 Å². The van der Waals surface area contributed by atoms with E-state index in [1.807, 2.05) is 32.9 Å². The van der Waals surface area contributed by atoms with Gasteiger partial charge >= 0.3 is 11.8 Å². The topological polar surface area (TPSA) is 76.7 Å². The van der Waals surface area contributed by atoms with E-state index in [9.17, 15) is 9.59 Å². The van der Waals surface area contributed by atoms with E-state index >= 15 is 0 Å². The molecule has 0 spiro atoms. The van der Waals surface area contributed by atoms with Crippen LogP contribution in [0.3, 0.4) is 0 Å². The first-order chi connectivity index (χ1) is 11.9. The van der Waals surface area contributed by atoms with Gasteiger partial charge in [-0.25, -0.2) is 0 Å². The van der Waals surface area contributed by atoms with Crippen LogP contribution >= 0.6 is 0 Å². The predicted molar refractivity (Wildman–Crippen MR) is 95.3 cm³/mol. The van der Waals surface area contributed by atoms with Gasteiger partial charge in [0.15, 0.2) is 11.5 Å². The molecule has 2 aromatic rings. The summed E-state index contributed by atoms with van der Waals surface area (Å²) in [7, 11) is 0. The van der Waals surface area contributed by atoms with Crippen molar-refractivity contribution in [3.05, 3.63) is 47.0 Å². The normalized spacial score (nSPS) is 12.4. The van der Waals surface area contributed by atoms with Crippen LogP contribution in [-0.4, -0.2) is 25.0 Å². The van der Waals surface area contributed by atoms with E-state index < -0.39 is 11.8 Å². The molecule has 6 heteroatoms. The van der Waals surface area contributed by atoms with Gasteiger partial charge in [-0.2, -0.15) is 0 Å². The van der Waals surface area contributed by atoms with Crippen molar-refractivity contribution in [2.45, 2.75) is 20.8 Å². The number of benzene rings is 2. The Hall–Kier alpha value is -3.02. The molecular weight excluding hydrogens is 320 g/mol. The zero-order valence-corrected chi connectivity index (χ0v) is 14.4. The molecule has 0 bridgehead atoms. The molecule has 2 aromatic carbocycles. The van der Waals surface area contributed by atoms with Crippen molar-refractivity contribution in [3.63, 3.8) is 0 Å². The van der Waals surface area contributed by atoms with Crippen LogP contribution in [0.1, 0.15) is 16.7 Å². The molecule has 1 aliphatic heterocycles. The van der Waals surface area contributed by atoms with Gasteiger partial charge in [0.25, 0.3) is 0 Å². The van der Waals surface area contributed by atoms with E-state index in [4.69, 9.17) is 9.47 Å². The fraction of sp³-hybridized carbons (Fsp3) is 0.263. The first-order valence-corrected chi connectivity index (χ1v) is 8.04. The molecule has 0 aromatic heterocycles. The number of nitrogens with one attached hydrogen (secondary N) is 2. The summed E-state index contributed by atoms with van der Waals surface area (Å²) in [5, 5.41) is 5.26. The quantitative estimate of drug-likeness (QED) is 0.824. The van der Waals surface area contributed by atoms with E-state index in [1.54, 1.807) is 18.2 Å². The van der Waals surface area contributed by atoms with Gasteiger partial charge in [-0.1, -0.05) is 17.7 Å². The monoisotopic (exact) mass is 340 g/mol. The van der Waals surface area contributed by atoms with Crippen LogP contribution < -0.4 is 20.1 Å². The highest BCUT2D eigenvalue weighted by molar-refractivity contribution is 6.43. The van der Waals surface area contributed by atoms with Crippen molar-refractivity contribution in [1.29, 1.82) is 0 Å².